The summed E-state index contributed by atoms with van der Waals surface area (Å²) in [6.45, 7) is 0.501. The summed E-state index contributed by atoms with van der Waals surface area (Å²) in [5.74, 6) is -0.542. The monoisotopic (exact) mass is 406 g/mol. The lowest BCUT2D eigenvalue weighted by Gasteiger charge is -2.34. The van der Waals surface area contributed by atoms with E-state index in [-0.39, 0.29) is 19.1 Å². The molecule has 0 spiro atoms. The molecule has 1 aromatic carbocycles. The molecule has 1 aromatic rings. The molecule has 0 saturated carbocycles. The van der Waals surface area contributed by atoms with E-state index in [1.165, 1.54) is 21.3 Å². The zero-order valence-electron chi connectivity index (χ0n) is 15.9. The van der Waals surface area contributed by atoms with Crippen molar-refractivity contribution >= 4 is 14.5 Å². The molecular formula is C15H30N4O7Si. The number of hydroxylamine groups is 3. The molecule has 0 saturated heterocycles. The van der Waals surface area contributed by atoms with Crippen molar-refractivity contribution in [2.24, 2.45) is 0 Å². The second-order valence-corrected chi connectivity index (χ2v) is 7.96. The Morgan fingerprint density at radius 1 is 1.04 bits per heavy atom. The Labute approximate surface area is 159 Å². The molecule has 0 bridgehead atoms. The average molecular weight is 407 g/mol. The smallest absolute Gasteiger partial charge is 0.493 e. The summed E-state index contributed by atoms with van der Waals surface area (Å²) in [7, 11) is 0.316. The molecule has 0 aliphatic heterocycles. The maximum absolute atomic E-state index is 10.1. The van der Waals surface area contributed by atoms with Crippen molar-refractivity contribution in [1.82, 2.24) is 16.4 Å². The van der Waals surface area contributed by atoms with E-state index in [1.807, 2.05) is 0 Å². The first-order valence-electron chi connectivity index (χ1n) is 8.34. The Kier molecular flexibility index (Phi) is 10.7. The minimum atomic E-state index is -3.90. The third-order valence-corrected chi connectivity index (χ3v) is 4.97. The van der Waals surface area contributed by atoms with Crippen LogP contribution in [0.5, 0.6) is 5.75 Å². The minimum Gasteiger partial charge on any atom is -0.493 e. The lowest BCUT2D eigenvalue weighted by atomic mass is 10.3. The first-order valence-corrected chi connectivity index (χ1v) is 10.3. The topological polar surface area (TPSA) is 149 Å². The fraction of sp³-hybridized carbons (Fsp3) is 0.600. The molecule has 0 aliphatic carbocycles. The number of ether oxygens (including phenoxy) is 1. The van der Waals surface area contributed by atoms with Crippen LogP contribution < -0.4 is 26.9 Å². The third kappa shape index (κ3) is 9.43. The van der Waals surface area contributed by atoms with E-state index < -0.39 is 14.6 Å². The van der Waals surface area contributed by atoms with Gasteiger partial charge in [0.2, 0.25) is 0 Å². The summed E-state index contributed by atoms with van der Waals surface area (Å²) in [4.78, 5) is 35.0. The van der Waals surface area contributed by atoms with Gasteiger partial charge in [-0.25, -0.2) is 0 Å². The Morgan fingerprint density at radius 3 is 2.22 bits per heavy atom. The van der Waals surface area contributed by atoms with Gasteiger partial charge in [0.25, 0.3) is 0 Å². The van der Waals surface area contributed by atoms with Crippen molar-refractivity contribution in [2.45, 2.75) is 24.7 Å². The largest absolute Gasteiger partial charge is 0.495 e. The third-order valence-electron chi connectivity index (χ3n) is 3.40. The number of anilines is 1. The van der Waals surface area contributed by atoms with Crippen LogP contribution >= 0.6 is 0 Å². The number of rotatable bonds is 15. The molecule has 0 radical (unpaired) electrons. The minimum absolute atomic E-state index is 0.0494. The highest BCUT2D eigenvalue weighted by atomic mass is 28.4. The molecular weight excluding hydrogens is 376 g/mol. The summed E-state index contributed by atoms with van der Waals surface area (Å²) in [6.07, 6.45) is 0.611. The van der Waals surface area contributed by atoms with E-state index in [2.05, 4.69) is 16.4 Å². The van der Waals surface area contributed by atoms with Crippen molar-refractivity contribution in [3.63, 3.8) is 0 Å². The Bertz CT molecular complexity index is 522. The Morgan fingerprint density at radius 2 is 1.67 bits per heavy atom. The van der Waals surface area contributed by atoms with Crippen molar-refractivity contribution in [2.75, 3.05) is 40.3 Å². The highest BCUT2D eigenvalue weighted by Crippen LogP contribution is 2.16. The Hall–Kier alpha value is -1.32. The van der Waals surface area contributed by atoms with Crippen molar-refractivity contribution in [3.05, 3.63) is 24.3 Å². The summed E-state index contributed by atoms with van der Waals surface area (Å²) in [5.41, 5.74) is 14.1. The van der Waals surface area contributed by atoms with E-state index in [0.29, 0.717) is 24.5 Å². The van der Waals surface area contributed by atoms with Crippen LogP contribution in [-0.4, -0.2) is 58.7 Å². The summed E-state index contributed by atoms with van der Waals surface area (Å²) in [5, 5.41) is 0. The molecule has 0 atom stereocenters. The predicted molar refractivity (Wildman–Crippen MR) is 99.7 cm³/mol. The molecule has 1 rings (SSSR count). The normalized spacial score (nSPS) is 12.3. The highest BCUT2D eigenvalue weighted by Gasteiger charge is 2.39. The molecule has 12 heteroatoms. The van der Waals surface area contributed by atoms with Crippen LogP contribution in [0.15, 0.2) is 24.3 Å². The summed E-state index contributed by atoms with van der Waals surface area (Å²) in [6, 6.07) is 7.02. The van der Waals surface area contributed by atoms with Crippen LogP contribution in [0.2, 0.25) is 6.04 Å². The number of benzene rings is 1. The number of hydrogen-bond donors (Lipinski definition) is 6. The van der Waals surface area contributed by atoms with Gasteiger partial charge in [0.15, 0.2) is 5.79 Å². The van der Waals surface area contributed by atoms with Crippen molar-refractivity contribution in [3.8, 4) is 5.75 Å². The van der Waals surface area contributed by atoms with E-state index in [1.54, 1.807) is 24.3 Å². The van der Waals surface area contributed by atoms with Gasteiger partial charge >= 0.3 is 8.80 Å². The summed E-state index contributed by atoms with van der Waals surface area (Å²) < 4.78 is 10.8. The van der Waals surface area contributed by atoms with E-state index >= 15 is 0 Å². The molecule has 0 heterocycles. The maximum atomic E-state index is 10.1. The van der Waals surface area contributed by atoms with Gasteiger partial charge in [0.05, 0.1) is 27.9 Å². The predicted octanol–water partition coefficient (Wildman–Crippen LogP) is -0.525. The van der Waals surface area contributed by atoms with Gasteiger partial charge in [-0.1, -0.05) is 6.07 Å². The highest BCUT2D eigenvalue weighted by molar-refractivity contribution is 6.57. The standard InChI is InChI=1S/C15H30N4O7Si/c1-22-17-15(18-23-2,19-24-3)8-11-27(20,21)26-10-5-9-25-14-7-4-6-13(16)12-14/h4,6-7,12,17-21H,5,8-11,16H2,1-3H3. The second kappa shape index (κ2) is 12.2. The van der Waals surface area contributed by atoms with Gasteiger partial charge < -0.3 is 39.0 Å². The molecule has 11 nitrogen and oxygen atoms in total. The van der Waals surface area contributed by atoms with Crippen LogP contribution in [-0.2, 0) is 18.9 Å². The van der Waals surface area contributed by atoms with Gasteiger partial charge in [0, 0.05) is 37.2 Å². The SMILES string of the molecule is CONC(CC[Si](O)(O)OCCCOc1cccc(N)c1)(NOC)NOC. The first-order chi connectivity index (χ1) is 12.9. The van der Waals surface area contributed by atoms with E-state index in [9.17, 15) is 9.59 Å². The van der Waals surface area contributed by atoms with E-state index in [4.69, 9.17) is 29.4 Å². The molecule has 27 heavy (non-hydrogen) atoms. The molecule has 0 fully saturated rings. The fourth-order valence-corrected chi connectivity index (χ4v) is 3.57. The number of nitrogens with one attached hydrogen (secondary N) is 3. The van der Waals surface area contributed by atoms with Gasteiger partial charge in [-0.3, -0.25) is 0 Å². The van der Waals surface area contributed by atoms with Crippen LogP contribution in [0.4, 0.5) is 5.69 Å². The summed E-state index contributed by atoms with van der Waals surface area (Å²) >= 11 is 0. The van der Waals surface area contributed by atoms with Gasteiger partial charge in [0.1, 0.15) is 5.75 Å². The zero-order valence-corrected chi connectivity index (χ0v) is 16.9. The molecule has 0 aromatic heterocycles. The van der Waals surface area contributed by atoms with Gasteiger partial charge in [-0.15, -0.1) is 0 Å². The van der Waals surface area contributed by atoms with Gasteiger partial charge in [-0.05, 0) is 12.1 Å². The molecule has 0 amide bonds. The quantitative estimate of drug-likeness (QED) is 0.0734. The zero-order chi connectivity index (χ0) is 20.2. The van der Waals surface area contributed by atoms with Crippen molar-refractivity contribution < 1.29 is 33.3 Å². The lowest BCUT2D eigenvalue weighted by Crippen LogP contribution is -2.66. The van der Waals surface area contributed by atoms with E-state index in [0.717, 1.165) is 0 Å². The first kappa shape index (κ1) is 23.7. The average Bonchev–Trinajstić information content (AvgIpc) is 2.61. The molecule has 0 unspecified atom stereocenters. The van der Waals surface area contributed by atoms with Crippen LogP contribution in [0, 0.1) is 0 Å². The Balaban J connectivity index is 2.38. The van der Waals surface area contributed by atoms with Crippen LogP contribution in [0.25, 0.3) is 0 Å². The number of nitrogen functional groups attached to an aromatic ring is 1. The number of hydrogen-bond acceptors (Lipinski definition) is 11. The molecule has 156 valence electrons. The lowest BCUT2D eigenvalue weighted by molar-refractivity contribution is -0.159. The molecule has 0 aliphatic rings. The fourth-order valence-electron chi connectivity index (χ4n) is 2.25. The van der Waals surface area contributed by atoms with Gasteiger partial charge in [-0.2, -0.15) is 16.4 Å². The maximum Gasteiger partial charge on any atom is 0.495 e. The number of nitrogens with two attached hydrogens (primary N) is 1. The molecule has 7 N–H and O–H groups in total. The second-order valence-electron chi connectivity index (χ2n) is 5.69. The van der Waals surface area contributed by atoms with Crippen molar-refractivity contribution in [1.29, 1.82) is 0 Å². The van der Waals surface area contributed by atoms with Crippen LogP contribution in [0.1, 0.15) is 12.8 Å². The van der Waals surface area contributed by atoms with Crippen LogP contribution in [0.3, 0.4) is 0 Å².